The first-order valence-electron chi connectivity index (χ1n) is 4.80. The molecule has 2 heterocycles. The molecule has 0 spiro atoms. The van der Waals surface area contributed by atoms with E-state index in [-0.39, 0.29) is 5.92 Å². The maximum Gasteiger partial charge on any atom is 0.434 e. The average molecular weight is 229 g/mol. The lowest BCUT2D eigenvalue weighted by Crippen LogP contribution is -2.08. The Bertz CT molecular complexity index is 513. The summed E-state index contributed by atoms with van der Waals surface area (Å²) in [5, 5.41) is 0. The van der Waals surface area contributed by atoms with E-state index in [2.05, 4.69) is 9.97 Å². The molecule has 0 atom stereocenters. The van der Waals surface area contributed by atoms with E-state index < -0.39 is 11.9 Å². The highest BCUT2D eigenvalue weighted by Gasteiger charge is 2.32. The van der Waals surface area contributed by atoms with Gasteiger partial charge in [-0.25, -0.2) is 9.97 Å². The number of halogens is 3. The van der Waals surface area contributed by atoms with Gasteiger partial charge in [0.1, 0.15) is 0 Å². The van der Waals surface area contributed by atoms with Crippen molar-refractivity contribution >= 4 is 5.65 Å². The average Bonchev–Trinajstić information content (AvgIpc) is 2.58. The molecule has 0 bridgehead atoms. The van der Waals surface area contributed by atoms with Crippen molar-refractivity contribution in [3.05, 3.63) is 30.0 Å². The second kappa shape index (κ2) is 3.47. The lowest BCUT2D eigenvalue weighted by atomic mass is 10.2. The molecule has 0 unspecified atom stereocenters. The highest BCUT2D eigenvalue weighted by molar-refractivity contribution is 5.38. The Morgan fingerprint density at radius 1 is 1.25 bits per heavy atom. The Morgan fingerprint density at radius 3 is 2.50 bits per heavy atom. The molecule has 0 amide bonds. The van der Waals surface area contributed by atoms with Crippen LogP contribution in [0.3, 0.4) is 0 Å². The standard InChI is InChI=1S/C10H10F3N3/c1-6(2)7-4-16-5-8(10(11,12)13)14-3-9(16)15-7/h3-6H,1-2H3. The van der Waals surface area contributed by atoms with E-state index in [1.165, 1.54) is 4.40 Å². The van der Waals surface area contributed by atoms with Gasteiger partial charge in [-0.3, -0.25) is 0 Å². The quantitative estimate of drug-likeness (QED) is 0.752. The molecule has 0 aliphatic heterocycles. The van der Waals surface area contributed by atoms with Crippen LogP contribution in [-0.2, 0) is 6.18 Å². The summed E-state index contributed by atoms with van der Waals surface area (Å²) in [5.41, 5.74) is 0.269. The van der Waals surface area contributed by atoms with Gasteiger partial charge in [0.25, 0.3) is 0 Å². The van der Waals surface area contributed by atoms with Gasteiger partial charge in [-0.05, 0) is 5.92 Å². The number of hydrogen-bond acceptors (Lipinski definition) is 2. The number of hydrogen-bond donors (Lipinski definition) is 0. The van der Waals surface area contributed by atoms with Gasteiger partial charge in [-0.1, -0.05) is 13.8 Å². The maximum absolute atomic E-state index is 12.4. The van der Waals surface area contributed by atoms with Crippen LogP contribution < -0.4 is 0 Å². The van der Waals surface area contributed by atoms with Crippen molar-refractivity contribution < 1.29 is 13.2 Å². The number of alkyl halides is 3. The summed E-state index contributed by atoms with van der Waals surface area (Å²) in [6, 6.07) is 0. The van der Waals surface area contributed by atoms with Gasteiger partial charge in [-0.2, -0.15) is 13.2 Å². The third-order valence-electron chi connectivity index (χ3n) is 2.24. The third-order valence-corrected chi connectivity index (χ3v) is 2.24. The fourth-order valence-electron chi connectivity index (χ4n) is 1.34. The molecular weight excluding hydrogens is 219 g/mol. The molecule has 2 aromatic heterocycles. The van der Waals surface area contributed by atoms with Gasteiger partial charge in [-0.15, -0.1) is 0 Å². The van der Waals surface area contributed by atoms with Crippen molar-refractivity contribution in [2.24, 2.45) is 0 Å². The summed E-state index contributed by atoms with van der Waals surface area (Å²) in [4.78, 5) is 7.51. The number of fused-ring (bicyclic) bond motifs is 1. The second-order valence-corrected chi connectivity index (χ2v) is 3.86. The number of aromatic nitrogens is 3. The summed E-state index contributed by atoms with van der Waals surface area (Å²) >= 11 is 0. The van der Waals surface area contributed by atoms with Gasteiger partial charge in [0.2, 0.25) is 0 Å². The third kappa shape index (κ3) is 1.87. The summed E-state index contributed by atoms with van der Waals surface area (Å²) < 4.78 is 38.5. The largest absolute Gasteiger partial charge is 0.434 e. The van der Waals surface area contributed by atoms with Crippen LogP contribution in [0.25, 0.3) is 5.65 Å². The van der Waals surface area contributed by atoms with E-state index in [1.807, 2.05) is 13.8 Å². The molecule has 6 heteroatoms. The number of nitrogens with zero attached hydrogens (tertiary/aromatic N) is 3. The molecule has 0 N–H and O–H groups in total. The molecule has 2 rings (SSSR count). The van der Waals surface area contributed by atoms with Gasteiger partial charge in [0, 0.05) is 12.4 Å². The van der Waals surface area contributed by atoms with Crippen LogP contribution in [0, 0.1) is 0 Å². The fourth-order valence-corrected chi connectivity index (χ4v) is 1.34. The van der Waals surface area contributed by atoms with Crippen molar-refractivity contribution in [2.75, 3.05) is 0 Å². The highest BCUT2D eigenvalue weighted by atomic mass is 19.4. The van der Waals surface area contributed by atoms with E-state index in [9.17, 15) is 13.2 Å². The minimum absolute atomic E-state index is 0.175. The Hall–Kier alpha value is -1.59. The van der Waals surface area contributed by atoms with Crippen LogP contribution >= 0.6 is 0 Å². The molecule has 0 aliphatic carbocycles. The van der Waals surface area contributed by atoms with Crippen LogP contribution in [0.15, 0.2) is 18.6 Å². The predicted molar refractivity (Wildman–Crippen MR) is 52.1 cm³/mol. The molecule has 2 aromatic rings. The SMILES string of the molecule is CC(C)c1cn2cc(C(F)(F)F)ncc2n1. The molecule has 16 heavy (non-hydrogen) atoms. The van der Waals surface area contributed by atoms with Crippen LogP contribution in [0.1, 0.15) is 31.2 Å². The van der Waals surface area contributed by atoms with Crippen LogP contribution in [-0.4, -0.2) is 14.4 Å². The molecule has 0 saturated carbocycles. The summed E-state index contributed by atoms with van der Waals surface area (Å²) in [6.07, 6.45) is -0.740. The zero-order chi connectivity index (χ0) is 11.9. The second-order valence-electron chi connectivity index (χ2n) is 3.86. The van der Waals surface area contributed by atoms with Gasteiger partial charge < -0.3 is 4.40 Å². The first-order valence-corrected chi connectivity index (χ1v) is 4.80. The highest BCUT2D eigenvalue weighted by Crippen LogP contribution is 2.27. The van der Waals surface area contributed by atoms with E-state index in [1.54, 1.807) is 6.20 Å². The summed E-state index contributed by atoms with van der Waals surface area (Å²) in [5.74, 6) is 0.175. The molecule has 0 saturated heterocycles. The van der Waals surface area contributed by atoms with Gasteiger partial charge >= 0.3 is 6.18 Å². The Kier molecular flexibility index (Phi) is 2.36. The Balaban J connectivity index is 2.54. The minimum Gasteiger partial charge on any atom is -0.303 e. The normalized spacial score (nSPS) is 12.6. The molecular formula is C10H10F3N3. The lowest BCUT2D eigenvalue weighted by molar-refractivity contribution is -0.141. The molecule has 0 fully saturated rings. The molecule has 3 nitrogen and oxygen atoms in total. The van der Waals surface area contributed by atoms with E-state index >= 15 is 0 Å². The Morgan fingerprint density at radius 2 is 1.94 bits per heavy atom. The van der Waals surface area contributed by atoms with Gasteiger partial charge in [0.15, 0.2) is 11.3 Å². The Labute approximate surface area is 89.9 Å². The molecule has 0 aliphatic rings. The van der Waals surface area contributed by atoms with Gasteiger partial charge in [0.05, 0.1) is 11.9 Å². The molecule has 86 valence electrons. The smallest absolute Gasteiger partial charge is 0.303 e. The number of imidazole rings is 1. The summed E-state index contributed by atoms with van der Waals surface area (Å²) in [6.45, 7) is 3.86. The van der Waals surface area contributed by atoms with Crippen molar-refractivity contribution in [3.8, 4) is 0 Å². The van der Waals surface area contributed by atoms with E-state index in [0.717, 1.165) is 18.1 Å². The van der Waals surface area contributed by atoms with E-state index in [0.29, 0.717) is 5.65 Å². The lowest BCUT2D eigenvalue weighted by Gasteiger charge is -2.04. The zero-order valence-corrected chi connectivity index (χ0v) is 8.78. The number of rotatable bonds is 1. The van der Waals surface area contributed by atoms with Crippen LogP contribution in [0.5, 0.6) is 0 Å². The first kappa shape index (κ1) is 10.9. The van der Waals surface area contributed by atoms with Crippen LogP contribution in [0.4, 0.5) is 13.2 Å². The monoisotopic (exact) mass is 229 g/mol. The minimum atomic E-state index is -4.42. The topological polar surface area (TPSA) is 30.2 Å². The van der Waals surface area contributed by atoms with Crippen molar-refractivity contribution in [1.82, 2.24) is 14.4 Å². The van der Waals surface area contributed by atoms with E-state index in [4.69, 9.17) is 0 Å². The summed E-state index contributed by atoms with van der Waals surface area (Å²) in [7, 11) is 0. The predicted octanol–water partition coefficient (Wildman–Crippen LogP) is 2.87. The van der Waals surface area contributed by atoms with Crippen molar-refractivity contribution in [1.29, 1.82) is 0 Å². The fraction of sp³-hybridized carbons (Fsp3) is 0.400. The first-order chi connectivity index (χ1) is 7.38. The zero-order valence-electron chi connectivity index (χ0n) is 8.78. The van der Waals surface area contributed by atoms with Crippen molar-refractivity contribution in [2.45, 2.75) is 25.9 Å². The van der Waals surface area contributed by atoms with Crippen LogP contribution in [0.2, 0.25) is 0 Å². The molecule has 0 radical (unpaired) electrons. The molecule has 0 aromatic carbocycles. The maximum atomic E-state index is 12.4. The van der Waals surface area contributed by atoms with Crippen molar-refractivity contribution in [3.63, 3.8) is 0 Å².